The number of rotatable bonds is 2. The van der Waals surface area contributed by atoms with Crippen LogP contribution in [0.25, 0.3) is 0 Å². The molecule has 1 unspecified atom stereocenters. The lowest BCUT2D eigenvalue weighted by molar-refractivity contribution is -0.130. The highest BCUT2D eigenvalue weighted by atomic mass is 32.1. The van der Waals surface area contributed by atoms with Crippen LogP contribution in [0, 0.1) is 5.92 Å². The lowest BCUT2D eigenvalue weighted by Crippen LogP contribution is -2.52. The second kappa shape index (κ2) is 3.23. The molecule has 1 heterocycles. The summed E-state index contributed by atoms with van der Waals surface area (Å²) in [5, 5.41) is 12.1. The minimum Gasteiger partial charge on any atom is -0.383 e. The van der Waals surface area contributed by atoms with Gasteiger partial charge in [0.15, 0.2) is 0 Å². The number of thiol groups is 1. The van der Waals surface area contributed by atoms with E-state index < -0.39 is 12.0 Å². The van der Waals surface area contributed by atoms with Crippen molar-refractivity contribution >= 4 is 18.7 Å². The fraction of sp³-hybridized carbons (Fsp3) is 0.800. The number of hydrogen-bond acceptors (Lipinski definition) is 4. The van der Waals surface area contributed by atoms with Crippen LogP contribution in [0.1, 0.15) is 0 Å². The molecule has 0 bridgehead atoms. The first kappa shape index (κ1) is 7.84. The maximum Gasteiger partial charge on any atom is 0.258 e. The van der Waals surface area contributed by atoms with Gasteiger partial charge in [-0.05, 0) is 0 Å². The first-order valence-electron chi connectivity index (χ1n) is 3.08. The van der Waals surface area contributed by atoms with Gasteiger partial charge < -0.3 is 15.1 Å². The van der Waals surface area contributed by atoms with E-state index in [2.05, 4.69) is 22.9 Å². The predicted octanol–water partition coefficient (Wildman–Crippen LogP) is -1.47. The molecule has 1 aliphatic heterocycles. The lowest BCUT2D eigenvalue weighted by Gasteiger charge is -2.30. The summed E-state index contributed by atoms with van der Waals surface area (Å²) in [7, 11) is 0. The molecule has 0 aromatic carbocycles. The molecule has 10 heavy (non-hydrogen) atoms. The van der Waals surface area contributed by atoms with E-state index in [-0.39, 0.29) is 5.92 Å². The maximum atomic E-state index is 10.7. The van der Waals surface area contributed by atoms with Gasteiger partial charge in [-0.2, -0.15) is 0 Å². The molecule has 0 spiro atoms. The van der Waals surface area contributed by atoms with Gasteiger partial charge in [-0.15, -0.1) is 0 Å². The van der Waals surface area contributed by atoms with E-state index in [0.29, 0.717) is 13.1 Å². The second-order valence-corrected chi connectivity index (χ2v) is 2.56. The molecule has 1 fully saturated rings. The third-order valence-electron chi connectivity index (χ3n) is 1.64. The summed E-state index contributed by atoms with van der Waals surface area (Å²) in [5.41, 5.74) is 0. The van der Waals surface area contributed by atoms with E-state index in [1.54, 1.807) is 0 Å². The molecule has 1 amide bonds. The number of aliphatic hydroxyl groups is 1. The van der Waals surface area contributed by atoms with Gasteiger partial charge in [0.05, 0.1) is 0 Å². The van der Waals surface area contributed by atoms with Gasteiger partial charge in [-0.1, -0.05) is 12.8 Å². The van der Waals surface area contributed by atoms with Crippen LogP contribution in [0.5, 0.6) is 0 Å². The van der Waals surface area contributed by atoms with Crippen LogP contribution in [-0.4, -0.2) is 30.2 Å². The molecule has 4 nitrogen and oxygen atoms in total. The Balaban J connectivity index is 2.31. The summed E-state index contributed by atoms with van der Waals surface area (Å²) in [6, 6.07) is 0. The van der Waals surface area contributed by atoms with Crippen molar-refractivity contribution in [3.05, 3.63) is 0 Å². The van der Waals surface area contributed by atoms with Crippen molar-refractivity contribution in [1.82, 2.24) is 10.0 Å². The normalized spacial score (nSPS) is 21.4. The Kier molecular flexibility index (Phi) is 2.53. The third-order valence-corrected chi connectivity index (χ3v) is 1.86. The van der Waals surface area contributed by atoms with Crippen LogP contribution in [-0.2, 0) is 4.79 Å². The number of nitrogens with one attached hydrogen (secondary N) is 2. The molecule has 1 aliphatic rings. The van der Waals surface area contributed by atoms with Crippen LogP contribution in [0.15, 0.2) is 0 Å². The van der Waals surface area contributed by atoms with Crippen LogP contribution in [0.4, 0.5) is 0 Å². The van der Waals surface area contributed by atoms with Crippen molar-refractivity contribution in [3.8, 4) is 0 Å². The molecule has 5 heteroatoms. The van der Waals surface area contributed by atoms with Crippen molar-refractivity contribution in [2.24, 2.45) is 5.92 Å². The van der Waals surface area contributed by atoms with Crippen LogP contribution in [0.2, 0.25) is 0 Å². The second-order valence-electron chi connectivity index (χ2n) is 2.34. The average molecular weight is 162 g/mol. The van der Waals surface area contributed by atoms with Gasteiger partial charge in [0.25, 0.3) is 5.91 Å². The van der Waals surface area contributed by atoms with Crippen molar-refractivity contribution in [1.29, 1.82) is 0 Å². The van der Waals surface area contributed by atoms with Gasteiger partial charge in [-0.25, -0.2) is 0 Å². The molecule has 1 atom stereocenters. The molecule has 0 aliphatic carbocycles. The first-order chi connectivity index (χ1) is 4.75. The Morgan fingerprint density at radius 1 is 1.80 bits per heavy atom. The molecule has 1 rings (SSSR count). The first-order valence-corrected chi connectivity index (χ1v) is 3.53. The Labute approximate surface area is 64.5 Å². The molecular formula is C5H10N2O2S. The Bertz CT molecular complexity index is 138. The van der Waals surface area contributed by atoms with E-state index in [0.717, 1.165) is 0 Å². The van der Waals surface area contributed by atoms with Gasteiger partial charge in [0.2, 0.25) is 0 Å². The number of carbonyl (C=O) groups is 1. The van der Waals surface area contributed by atoms with Crippen LogP contribution >= 0.6 is 12.8 Å². The number of carbonyl (C=O) groups excluding carboxylic acids is 1. The van der Waals surface area contributed by atoms with E-state index in [1.165, 1.54) is 0 Å². The highest BCUT2D eigenvalue weighted by molar-refractivity contribution is 7.78. The van der Waals surface area contributed by atoms with E-state index >= 15 is 0 Å². The highest BCUT2D eigenvalue weighted by Crippen LogP contribution is 2.08. The lowest BCUT2D eigenvalue weighted by atomic mass is 9.96. The number of amides is 1. The summed E-state index contributed by atoms with van der Waals surface area (Å²) < 4.78 is 2.09. The van der Waals surface area contributed by atoms with Crippen LogP contribution < -0.4 is 10.0 Å². The van der Waals surface area contributed by atoms with Crippen molar-refractivity contribution < 1.29 is 9.90 Å². The summed E-state index contributed by atoms with van der Waals surface area (Å²) in [6.07, 6.45) is -0.904. The summed E-state index contributed by atoms with van der Waals surface area (Å²) >= 11 is 3.53. The van der Waals surface area contributed by atoms with Gasteiger partial charge in [0, 0.05) is 19.0 Å². The predicted molar refractivity (Wildman–Crippen MR) is 39.5 cm³/mol. The molecule has 0 saturated carbocycles. The standard InChI is InChI=1S/C5H10N2O2S/c8-4(5(9)7-10)3-1-6-2-3/h3-4,6,8,10H,1-2H2,(H,7,9). The summed E-state index contributed by atoms with van der Waals surface area (Å²) in [6.45, 7) is 1.42. The molecule has 0 aromatic heterocycles. The van der Waals surface area contributed by atoms with Crippen molar-refractivity contribution in [2.75, 3.05) is 13.1 Å². The van der Waals surface area contributed by atoms with E-state index in [1.807, 2.05) is 0 Å². The topological polar surface area (TPSA) is 61.4 Å². The number of hydrogen-bond donors (Lipinski definition) is 4. The fourth-order valence-corrected chi connectivity index (χ4v) is 0.947. The monoisotopic (exact) mass is 162 g/mol. The number of aliphatic hydroxyl groups excluding tert-OH is 1. The SMILES string of the molecule is O=C(NS)C(O)C1CNC1. The Morgan fingerprint density at radius 2 is 2.40 bits per heavy atom. The zero-order valence-corrected chi connectivity index (χ0v) is 6.27. The van der Waals surface area contributed by atoms with Gasteiger partial charge in [0.1, 0.15) is 6.10 Å². The van der Waals surface area contributed by atoms with E-state index in [4.69, 9.17) is 5.11 Å². The molecular weight excluding hydrogens is 152 g/mol. The zero-order valence-electron chi connectivity index (χ0n) is 5.37. The van der Waals surface area contributed by atoms with E-state index in [9.17, 15) is 4.79 Å². The Hall–Kier alpha value is -0.260. The van der Waals surface area contributed by atoms with Crippen LogP contribution in [0.3, 0.4) is 0 Å². The quantitative estimate of drug-likeness (QED) is 0.375. The summed E-state index contributed by atoms with van der Waals surface area (Å²) in [4.78, 5) is 10.7. The van der Waals surface area contributed by atoms with Crippen molar-refractivity contribution in [2.45, 2.75) is 6.10 Å². The smallest absolute Gasteiger partial charge is 0.258 e. The molecule has 0 radical (unpaired) electrons. The highest BCUT2D eigenvalue weighted by Gasteiger charge is 2.29. The van der Waals surface area contributed by atoms with Gasteiger partial charge >= 0.3 is 0 Å². The van der Waals surface area contributed by atoms with Gasteiger partial charge in [-0.3, -0.25) is 4.79 Å². The Morgan fingerprint density at radius 3 is 2.70 bits per heavy atom. The zero-order chi connectivity index (χ0) is 7.56. The maximum absolute atomic E-state index is 10.7. The third kappa shape index (κ3) is 1.42. The minimum absolute atomic E-state index is 0.0622. The molecule has 58 valence electrons. The molecule has 3 N–H and O–H groups in total. The minimum atomic E-state index is -0.904. The molecule has 0 aromatic rings. The average Bonchev–Trinajstić information content (AvgIpc) is 1.82. The fourth-order valence-electron chi connectivity index (χ4n) is 0.814. The largest absolute Gasteiger partial charge is 0.383 e. The molecule has 1 saturated heterocycles. The summed E-state index contributed by atoms with van der Waals surface area (Å²) in [5.74, 6) is -0.359. The van der Waals surface area contributed by atoms with Crippen molar-refractivity contribution in [3.63, 3.8) is 0 Å².